The second-order valence-corrected chi connectivity index (χ2v) is 7.64. The lowest BCUT2D eigenvalue weighted by Gasteiger charge is -2.05. The minimum atomic E-state index is -0.629. The summed E-state index contributed by atoms with van der Waals surface area (Å²) in [5, 5.41) is 18.8. The quantitative estimate of drug-likeness (QED) is 0.521. The smallest absolute Gasteiger partial charge is 0.273 e. The van der Waals surface area contributed by atoms with E-state index >= 15 is 0 Å². The number of hydrogen-bond donors (Lipinski definition) is 2. The minimum absolute atomic E-state index is 0.187. The van der Waals surface area contributed by atoms with E-state index in [4.69, 9.17) is 8.94 Å². The molecule has 0 aromatic carbocycles. The van der Waals surface area contributed by atoms with E-state index in [1.165, 1.54) is 35.0 Å². The van der Waals surface area contributed by atoms with Crippen LogP contribution in [0.3, 0.4) is 0 Å². The lowest BCUT2D eigenvalue weighted by atomic mass is 10.2. The molecule has 0 spiro atoms. The van der Waals surface area contributed by atoms with Gasteiger partial charge in [0, 0.05) is 20.7 Å². The van der Waals surface area contributed by atoms with Crippen molar-refractivity contribution < 1.29 is 18.8 Å². The fraction of sp³-hybridized carbons (Fsp3) is 0.111. The number of aliphatic hydroxyl groups excluding tert-OH is 1. The maximum Gasteiger partial charge on any atom is 0.273 e. The normalized spacial score (nSPS) is 12.2. The lowest BCUT2D eigenvalue weighted by Crippen LogP contribution is -2.22. The summed E-state index contributed by atoms with van der Waals surface area (Å²) < 4.78 is 10.3. The van der Waals surface area contributed by atoms with Gasteiger partial charge < -0.3 is 19.4 Å². The van der Waals surface area contributed by atoms with Crippen LogP contribution in [0.25, 0.3) is 11.5 Å². The van der Waals surface area contributed by atoms with Crippen LogP contribution in [0.1, 0.15) is 31.2 Å². The van der Waals surface area contributed by atoms with Crippen molar-refractivity contribution in [3.63, 3.8) is 0 Å². The molecule has 0 aliphatic rings. The number of aromatic nitrogens is 1. The summed E-state index contributed by atoms with van der Waals surface area (Å²) in [6.45, 7) is 0.351. The zero-order chi connectivity index (χ0) is 17.9. The number of nitrogens with zero attached hydrogens (tertiary/aromatic N) is 1. The monoisotopic (exact) mass is 386 g/mol. The van der Waals surface area contributed by atoms with Crippen molar-refractivity contribution >= 4 is 28.6 Å². The van der Waals surface area contributed by atoms with Crippen LogP contribution < -0.4 is 5.32 Å². The number of carbonyl (C=O) groups excluding carboxylic acids is 1. The molecule has 0 saturated heterocycles. The summed E-state index contributed by atoms with van der Waals surface area (Å²) in [4.78, 5) is 14.9. The Morgan fingerprint density at radius 2 is 2.12 bits per heavy atom. The first kappa shape index (κ1) is 16.8. The number of aliphatic hydroxyl groups is 1. The fourth-order valence-corrected chi connectivity index (χ4v) is 4.16. The molecule has 132 valence electrons. The number of carbonyl (C=O) groups is 1. The largest absolute Gasteiger partial charge is 0.461 e. The number of hydrogen-bond acceptors (Lipinski definition) is 7. The van der Waals surface area contributed by atoms with Gasteiger partial charge in [0.1, 0.15) is 6.10 Å². The maximum atomic E-state index is 12.2. The van der Waals surface area contributed by atoms with Gasteiger partial charge in [0.25, 0.3) is 5.91 Å². The summed E-state index contributed by atoms with van der Waals surface area (Å²) in [5.74, 6) is 0.583. The third kappa shape index (κ3) is 3.48. The minimum Gasteiger partial charge on any atom is -0.461 e. The summed E-state index contributed by atoms with van der Waals surface area (Å²) in [7, 11) is 0. The molecule has 0 aliphatic heterocycles. The van der Waals surface area contributed by atoms with Gasteiger partial charge in [-0.1, -0.05) is 11.2 Å². The Bertz CT molecular complexity index is 986. The van der Waals surface area contributed by atoms with E-state index in [9.17, 15) is 9.90 Å². The van der Waals surface area contributed by atoms with Crippen LogP contribution in [0.15, 0.2) is 63.0 Å². The van der Waals surface area contributed by atoms with Gasteiger partial charge in [0.05, 0.1) is 12.8 Å². The van der Waals surface area contributed by atoms with Crippen LogP contribution in [0.4, 0.5) is 0 Å². The molecule has 4 aromatic heterocycles. The molecule has 0 radical (unpaired) electrons. The highest BCUT2D eigenvalue weighted by Gasteiger charge is 2.17. The Labute approximate surface area is 156 Å². The maximum absolute atomic E-state index is 12.2. The van der Waals surface area contributed by atoms with E-state index < -0.39 is 6.10 Å². The molecule has 4 aromatic rings. The van der Waals surface area contributed by atoms with Crippen molar-refractivity contribution in [1.82, 2.24) is 10.5 Å². The number of furan rings is 1. The van der Waals surface area contributed by atoms with Gasteiger partial charge in [-0.25, -0.2) is 0 Å². The van der Waals surface area contributed by atoms with E-state index in [-0.39, 0.29) is 11.6 Å². The Hall–Kier alpha value is -2.68. The SMILES string of the molecule is O=C(NCc1ccc(C(O)c2cccs2)s1)c1cc(-c2ccco2)on1. The first-order chi connectivity index (χ1) is 12.7. The Morgan fingerprint density at radius 1 is 1.19 bits per heavy atom. The highest BCUT2D eigenvalue weighted by atomic mass is 32.1. The summed E-state index contributed by atoms with van der Waals surface area (Å²) in [5.41, 5.74) is 0.187. The summed E-state index contributed by atoms with van der Waals surface area (Å²) in [6, 6.07) is 12.6. The molecule has 4 heterocycles. The van der Waals surface area contributed by atoms with Crippen LogP contribution in [-0.4, -0.2) is 16.2 Å². The molecular weight excluding hydrogens is 372 g/mol. The second-order valence-electron chi connectivity index (χ2n) is 5.46. The van der Waals surface area contributed by atoms with E-state index in [2.05, 4.69) is 10.5 Å². The summed E-state index contributed by atoms with van der Waals surface area (Å²) in [6.07, 6.45) is 0.896. The average Bonchev–Trinajstić information content (AvgIpc) is 3.44. The Morgan fingerprint density at radius 3 is 2.88 bits per heavy atom. The van der Waals surface area contributed by atoms with Crippen molar-refractivity contribution in [2.45, 2.75) is 12.6 Å². The number of nitrogens with one attached hydrogen (secondary N) is 1. The lowest BCUT2D eigenvalue weighted by molar-refractivity contribution is 0.0942. The van der Waals surface area contributed by atoms with Crippen molar-refractivity contribution in [3.8, 4) is 11.5 Å². The molecular formula is C18H14N2O4S2. The van der Waals surface area contributed by atoms with E-state index in [0.717, 1.165) is 14.6 Å². The first-order valence-electron chi connectivity index (χ1n) is 7.79. The summed E-state index contributed by atoms with van der Waals surface area (Å²) >= 11 is 2.98. The number of amides is 1. The van der Waals surface area contributed by atoms with Gasteiger partial charge in [0.2, 0.25) is 5.76 Å². The van der Waals surface area contributed by atoms with Crippen LogP contribution in [-0.2, 0) is 6.54 Å². The third-order valence-corrected chi connectivity index (χ3v) is 5.76. The first-order valence-corrected chi connectivity index (χ1v) is 9.49. The van der Waals surface area contributed by atoms with E-state index in [1.54, 1.807) is 12.1 Å². The van der Waals surface area contributed by atoms with Gasteiger partial charge in [-0.3, -0.25) is 4.79 Å². The van der Waals surface area contributed by atoms with Crippen LogP contribution in [0, 0.1) is 0 Å². The molecule has 26 heavy (non-hydrogen) atoms. The Kier molecular flexibility index (Phi) is 4.70. The highest BCUT2D eigenvalue weighted by molar-refractivity contribution is 7.12. The van der Waals surface area contributed by atoms with Gasteiger partial charge in [0.15, 0.2) is 11.5 Å². The highest BCUT2D eigenvalue weighted by Crippen LogP contribution is 2.30. The van der Waals surface area contributed by atoms with Gasteiger partial charge in [-0.05, 0) is 35.7 Å². The van der Waals surface area contributed by atoms with Crippen molar-refractivity contribution in [2.75, 3.05) is 0 Å². The zero-order valence-corrected chi connectivity index (χ0v) is 15.0. The van der Waals surface area contributed by atoms with E-state index in [0.29, 0.717) is 18.1 Å². The molecule has 8 heteroatoms. The molecule has 0 bridgehead atoms. The van der Waals surface area contributed by atoms with Gasteiger partial charge >= 0.3 is 0 Å². The number of rotatable bonds is 6. The number of thiophene rings is 2. The van der Waals surface area contributed by atoms with Gasteiger partial charge in [-0.2, -0.15) is 0 Å². The van der Waals surface area contributed by atoms with Crippen LogP contribution in [0.2, 0.25) is 0 Å². The fourth-order valence-electron chi connectivity index (χ4n) is 2.40. The third-order valence-electron chi connectivity index (χ3n) is 3.69. The molecule has 2 N–H and O–H groups in total. The van der Waals surface area contributed by atoms with Crippen molar-refractivity contribution in [3.05, 3.63) is 74.4 Å². The van der Waals surface area contributed by atoms with Crippen LogP contribution in [0.5, 0.6) is 0 Å². The van der Waals surface area contributed by atoms with Crippen molar-refractivity contribution in [2.24, 2.45) is 0 Å². The van der Waals surface area contributed by atoms with Crippen molar-refractivity contribution in [1.29, 1.82) is 0 Å². The van der Waals surface area contributed by atoms with E-state index in [1.807, 2.05) is 29.6 Å². The predicted molar refractivity (Wildman–Crippen MR) is 98.1 cm³/mol. The average molecular weight is 386 g/mol. The molecule has 0 aliphatic carbocycles. The standard InChI is InChI=1S/C18H14N2O4S2/c21-17(15-4-2-8-25-15)16-6-5-11(26-16)10-19-18(22)12-9-14(24-20-12)13-3-1-7-23-13/h1-9,17,21H,10H2,(H,19,22). The topological polar surface area (TPSA) is 88.5 Å². The molecule has 6 nitrogen and oxygen atoms in total. The second kappa shape index (κ2) is 7.28. The van der Waals surface area contributed by atoms with Crippen LogP contribution >= 0.6 is 22.7 Å². The molecule has 0 saturated carbocycles. The predicted octanol–water partition coefficient (Wildman–Crippen LogP) is 4.07. The molecule has 0 fully saturated rings. The van der Waals surface area contributed by atoms with Gasteiger partial charge in [-0.15, -0.1) is 22.7 Å². The molecule has 1 amide bonds. The molecule has 1 unspecified atom stereocenters. The Balaban J connectivity index is 1.38. The molecule has 4 rings (SSSR count). The zero-order valence-electron chi connectivity index (χ0n) is 13.4. The molecule has 1 atom stereocenters.